The number of thioether (sulfide) groups is 1. The number of anilines is 2. The number of urea groups is 1. The minimum Gasteiger partial charge on any atom is -0.431 e. The van der Waals surface area contributed by atoms with E-state index in [9.17, 15) is 9.59 Å². The number of carbonyl (C=O) groups is 2. The molecule has 0 radical (unpaired) electrons. The highest BCUT2D eigenvalue weighted by Gasteiger charge is 2.20. The average Bonchev–Trinajstić information content (AvgIpc) is 3.26. The third-order valence-electron chi connectivity index (χ3n) is 3.92. The second-order valence-electron chi connectivity index (χ2n) is 5.71. The summed E-state index contributed by atoms with van der Waals surface area (Å²) >= 11 is 1.25. The maximum Gasteiger partial charge on any atom is 0.321 e. The molecule has 26 heavy (non-hydrogen) atoms. The zero-order valence-corrected chi connectivity index (χ0v) is 14.6. The quantitative estimate of drug-likeness (QED) is 0.676. The molecule has 3 amide bonds. The predicted molar refractivity (Wildman–Crippen MR) is 101 cm³/mol. The van der Waals surface area contributed by atoms with Crippen molar-refractivity contribution in [1.29, 1.82) is 0 Å². The van der Waals surface area contributed by atoms with E-state index in [1.54, 1.807) is 17.0 Å². The highest BCUT2D eigenvalue weighted by Crippen LogP contribution is 2.24. The molecule has 0 aliphatic carbocycles. The number of hydrogen-bond donors (Lipinski definition) is 2. The Morgan fingerprint density at radius 2 is 2.04 bits per heavy atom. The van der Waals surface area contributed by atoms with Gasteiger partial charge in [0.25, 0.3) is 5.22 Å². The summed E-state index contributed by atoms with van der Waals surface area (Å²) in [7, 11) is 0. The van der Waals surface area contributed by atoms with Crippen molar-refractivity contribution in [3.05, 3.63) is 48.5 Å². The molecular formula is C18H16N4O3S. The molecule has 132 valence electrons. The lowest BCUT2D eigenvalue weighted by molar-refractivity contribution is -0.113. The number of para-hydroxylation sites is 2. The van der Waals surface area contributed by atoms with Gasteiger partial charge in [-0.05, 0) is 36.4 Å². The molecule has 1 aliphatic heterocycles. The van der Waals surface area contributed by atoms with Crippen LogP contribution in [0.25, 0.3) is 11.1 Å². The molecule has 0 spiro atoms. The van der Waals surface area contributed by atoms with Gasteiger partial charge in [0, 0.05) is 24.5 Å². The van der Waals surface area contributed by atoms with Crippen molar-refractivity contribution in [3.8, 4) is 0 Å². The lowest BCUT2D eigenvalue weighted by Gasteiger charge is -2.14. The molecule has 2 heterocycles. The molecule has 1 saturated heterocycles. The van der Waals surface area contributed by atoms with Gasteiger partial charge in [0.2, 0.25) is 5.91 Å². The fourth-order valence-electron chi connectivity index (χ4n) is 2.68. The Kier molecular flexibility index (Phi) is 4.49. The molecule has 8 heteroatoms. The summed E-state index contributed by atoms with van der Waals surface area (Å²) in [5, 5.41) is 6.05. The van der Waals surface area contributed by atoms with Crippen LogP contribution in [0.1, 0.15) is 0 Å². The molecule has 4 rings (SSSR count). The van der Waals surface area contributed by atoms with Gasteiger partial charge in [-0.1, -0.05) is 23.9 Å². The smallest absolute Gasteiger partial charge is 0.321 e. The van der Waals surface area contributed by atoms with Crippen molar-refractivity contribution in [2.24, 2.45) is 0 Å². The summed E-state index contributed by atoms with van der Waals surface area (Å²) in [5.41, 5.74) is 2.96. The lowest BCUT2D eigenvalue weighted by Crippen LogP contribution is -2.27. The van der Waals surface area contributed by atoms with E-state index >= 15 is 0 Å². The Morgan fingerprint density at radius 3 is 2.77 bits per heavy atom. The van der Waals surface area contributed by atoms with Crippen molar-refractivity contribution in [3.63, 3.8) is 0 Å². The van der Waals surface area contributed by atoms with Gasteiger partial charge in [-0.25, -0.2) is 9.78 Å². The zero-order chi connectivity index (χ0) is 17.9. The first-order valence-corrected chi connectivity index (χ1v) is 9.11. The molecular weight excluding hydrogens is 352 g/mol. The third-order valence-corrected chi connectivity index (χ3v) is 4.75. The molecule has 2 aromatic carbocycles. The van der Waals surface area contributed by atoms with Crippen LogP contribution in [0.4, 0.5) is 16.2 Å². The average molecular weight is 368 g/mol. The summed E-state index contributed by atoms with van der Waals surface area (Å²) in [6, 6.07) is 14.6. The monoisotopic (exact) mass is 368 g/mol. The number of carbonyl (C=O) groups excluding carboxylic acids is 2. The molecule has 7 nitrogen and oxygen atoms in total. The second kappa shape index (κ2) is 7.09. The van der Waals surface area contributed by atoms with Crippen molar-refractivity contribution in [1.82, 2.24) is 10.3 Å². The van der Waals surface area contributed by atoms with Crippen molar-refractivity contribution in [2.45, 2.75) is 5.22 Å². The first-order chi connectivity index (χ1) is 12.7. The van der Waals surface area contributed by atoms with Gasteiger partial charge in [-0.3, -0.25) is 9.69 Å². The fourth-order valence-corrected chi connectivity index (χ4v) is 3.32. The van der Waals surface area contributed by atoms with Crippen LogP contribution in [0, 0.1) is 0 Å². The van der Waals surface area contributed by atoms with E-state index in [0.717, 1.165) is 11.2 Å². The number of aromatic nitrogens is 1. The Morgan fingerprint density at radius 1 is 1.23 bits per heavy atom. The number of nitrogens with zero attached hydrogens (tertiary/aromatic N) is 2. The Labute approximate surface area is 153 Å². The number of nitrogens with one attached hydrogen (secondary N) is 2. The van der Waals surface area contributed by atoms with E-state index in [0.29, 0.717) is 29.6 Å². The first-order valence-electron chi connectivity index (χ1n) is 8.13. The normalized spacial score (nSPS) is 13.8. The Bertz CT molecular complexity index is 921. The molecule has 0 atom stereocenters. The largest absolute Gasteiger partial charge is 0.431 e. The Hall–Kier alpha value is -3.00. The van der Waals surface area contributed by atoms with E-state index < -0.39 is 0 Å². The third kappa shape index (κ3) is 3.50. The highest BCUT2D eigenvalue weighted by atomic mass is 32.2. The topological polar surface area (TPSA) is 87.5 Å². The van der Waals surface area contributed by atoms with E-state index in [1.807, 2.05) is 36.4 Å². The molecule has 3 aromatic rings. The van der Waals surface area contributed by atoms with E-state index in [-0.39, 0.29) is 17.7 Å². The van der Waals surface area contributed by atoms with Crippen LogP contribution in [0.3, 0.4) is 0 Å². The van der Waals surface area contributed by atoms with E-state index in [2.05, 4.69) is 15.6 Å². The van der Waals surface area contributed by atoms with Gasteiger partial charge in [-0.15, -0.1) is 0 Å². The van der Waals surface area contributed by atoms with Gasteiger partial charge in [0.15, 0.2) is 5.58 Å². The van der Waals surface area contributed by atoms with E-state index in [4.69, 9.17) is 4.42 Å². The molecule has 1 fully saturated rings. The maximum absolute atomic E-state index is 12.1. The number of rotatable bonds is 5. The molecule has 0 bridgehead atoms. The van der Waals surface area contributed by atoms with Crippen LogP contribution in [-0.4, -0.2) is 35.8 Å². The number of hydrogen-bond acceptors (Lipinski definition) is 5. The summed E-state index contributed by atoms with van der Waals surface area (Å²) in [5.74, 6) is 0.0484. The minimum atomic E-state index is -0.149. The number of benzene rings is 2. The van der Waals surface area contributed by atoms with Crippen LogP contribution in [0.2, 0.25) is 0 Å². The standard InChI is InChI=1S/C18H16N4O3S/c23-16(11-26-18-21-14-3-1-2-4-15(14)25-18)20-12-5-7-13(8-6-12)22-10-9-19-17(22)24/h1-8H,9-11H2,(H,19,24)(H,20,23). The lowest BCUT2D eigenvalue weighted by atomic mass is 10.2. The van der Waals surface area contributed by atoms with Crippen LogP contribution in [0.15, 0.2) is 58.2 Å². The molecule has 1 aromatic heterocycles. The minimum absolute atomic E-state index is 0.100. The fraction of sp³-hybridized carbons (Fsp3) is 0.167. The summed E-state index contributed by atoms with van der Waals surface area (Å²) in [6.07, 6.45) is 0. The first kappa shape index (κ1) is 16.5. The van der Waals surface area contributed by atoms with Gasteiger partial charge >= 0.3 is 6.03 Å². The second-order valence-corrected chi connectivity index (χ2v) is 6.64. The highest BCUT2D eigenvalue weighted by molar-refractivity contribution is 7.99. The van der Waals surface area contributed by atoms with Crippen molar-refractivity contribution < 1.29 is 14.0 Å². The van der Waals surface area contributed by atoms with Crippen LogP contribution < -0.4 is 15.5 Å². The molecule has 1 aliphatic rings. The van der Waals surface area contributed by atoms with Crippen molar-refractivity contribution >= 4 is 46.2 Å². The van der Waals surface area contributed by atoms with Crippen LogP contribution in [-0.2, 0) is 4.79 Å². The van der Waals surface area contributed by atoms with Crippen LogP contribution >= 0.6 is 11.8 Å². The summed E-state index contributed by atoms with van der Waals surface area (Å²) < 4.78 is 5.58. The van der Waals surface area contributed by atoms with Crippen molar-refractivity contribution in [2.75, 3.05) is 29.1 Å². The maximum atomic E-state index is 12.1. The van der Waals surface area contributed by atoms with Crippen LogP contribution in [0.5, 0.6) is 0 Å². The Balaban J connectivity index is 1.33. The summed E-state index contributed by atoms with van der Waals surface area (Å²) in [6.45, 7) is 1.29. The zero-order valence-electron chi connectivity index (χ0n) is 13.8. The number of amides is 3. The van der Waals surface area contributed by atoms with Gasteiger partial charge in [0.1, 0.15) is 5.52 Å². The van der Waals surface area contributed by atoms with Gasteiger partial charge < -0.3 is 15.1 Å². The SMILES string of the molecule is O=C(CSc1nc2ccccc2o1)Nc1ccc(N2CCNC2=O)cc1. The number of fused-ring (bicyclic) bond motifs is 1. The summed E-state index contributed by atoms with van der Waals surface area (Å²) in [4.78, 5) is 29.8. The number of oxazole rings is 1. The molecule has 0 unspecified atom stereocenters. The molecule has 2 N–H and O–H groups in total. The van der Waals surface area contributed by atoms with Gasteiger partial charge in [0.05, 0.1) is 5.75 Å². The molecule has 0 saturated carbocycles. The predicted octanol–water partition coefficient (Wildman–Crippen LogP) is 3.09. The van der Waals surface area contributed by atoms with E-state index in [1.165, 1.54) is 11.8 Å². The van der Waals surface area contributed by atoms with Gasteiger partial charge in [-0.2, -0.15) is 0 Å².